The van der Waals surface area contributed by atoms with Gasteiger partial charge in [-0.15, -0.1) is 5.10 Å². The number of hydrogen-bond acceptors (Lipinski definition) is 6. The summed E-state index contributed by atoms with van der Waals surface area (Å²) in [4.78, 5) is 21.2. The van der Waals surface area contributed by atoms with E-state index in [0.29, 0.717) is 59.7 Å². The molecule has 2 aromatic heterocycles. The number of allylic oxidation sites excluding steroid dienone is 1. The molecule has 2 atom stereocenters. The van der Waals surface area contributed by atoms with E-state index in [-0.39, 0.29) is 17.0 Å². The van der Waals surface area contributed by atoms with Gasteiger partial charge in [-0.1, -0.05) is 36.4 Å². The highest BCUT2D eigenvalue weighted by molar-refractivity contribution is 6.00. The van der Waals surface area contributed by atoms with Crippen LogP contribution >= 0.6 is 0 Å². The second-order valence-electron chi connectivity index (χ2n) is 14.0. The van der Waals surface area contributed by atoms with Crippen molar-refractivity contribution < 1.29 is 31.8 Å². The number of benzene rings is 2. The van der Waals surface area contributed by atoms with Crippen molar-refractivity contribution >= 4 is 34.0 Å². The molecular formula is C38H43F4N5O3. The number of likely N-dealkylation sites (N-methyl/N-ethyl adjacent to an activating group) is 1. The molecule has 4 heterocycles. The molecule has 4 aromatic rings. The SMILES string of the molecule is CN(C(=O)OC(C)(C)C)[C@H]1CCCN(c2ccc(/C(=C(/CC(F)(F)F)c3ccccc3)c3ccc4c(c3)c(F)nn4C3CCCCO3)cn2)C1. The first-order valence-electron chi connectivity index (χ1n) is 17.1. The number of pyridine rings is 1. The van der Waals surface area contributed by atoms with Crippen molar-refractivity contribution in [1.29, 1.82) is 0 Å². The molecule has 1 unspecified atom stereocenters. The number of piperidine rings is 1. The lowest BCUT2D eigenvalue weighted by molar-refractivity contribution is -0.122. The maximum absolute atomic E-state index is 15.4. The van der Waals surface area contributed by atoms with E-state index in [9.17, 15) is 18.0 Å². The van der Waals surface area contributed by atoms with Gasteiger partial charge >= 0.3 is 12.3 Å². The topological polar surface area (TPSA) is 72.7 Å². The fourth-order valence-corrected chi connectivity index (χ4v) is 6.77. The van der Waals surface area contributed by atoms with Crippen molar-refractivity contribution in [2.24, 2.45) is 0 Å². The summed E-state index contributed by atoms with van der Waals surface area (Å²) in [6.07, 6.45) is -0.781. The van der Waals surface area contributed by atoms with Crippen LogP contribution in [0.25, 0.3) is 22.0 Å². The Hall–Kier alpha value is -4.45. The number of carbonyl (C=O) groups excluding carboxylic acids is 1. The largest absolute Gasteiger partial charge is 0.444 e. The molecule has 2 fully saturated rings. The molecule has 2 saturated heterocycles. The Morgan fingerprint density at radius 3 is 2.40 bits per heavy atom. The van der Waals surface area contributed by atoms with Crippen LogP contribution in [0, 0.1) is 5.95 Å². The molecule has 8 nitrogen and oxygen atoms in total. The zero-order valence-corrected chi connectivity index (χ0v) is 28.8. The summed E-state index contributed by atoms with van der Waals surface area (Å²) < 4.78 is 71.3. The molecule has 50 heavy (non-hydrogen) atoms. The van der Waals surface area contributed by atoms with Crippen LogP contribution in [0.5, 0.6) is 0 Å². The molecule has 0 saturated carbocycles. The molecule has 266 valence electrons. The van der Waals surface area contributed by atoms with Gasteiger partial charge < -0.3 is 19.3 Å². The summed E-state index contributed by atoms with van der Waals surface area (Å²) in [5.74, 6) is -0.0698. The minimum Gasteiger partial charge on any atom is -0.444 e. The van der Waals surface area contributed by atoms with E-state index in [1.165, 1.54) is 4.68 Å². The number of ether oxygens (including phenoxy) is 2. The molecule has 12 heteroatoms. The quantitative estimate of drug-likeness (QED) is 0.142. The molecular weight excluding hydrogens is 650 g/mol. The van der Waals surface area contributed by atoms with E-state index >= 15 is 4.39 Å². The number of alkyl halides is 3. The summed E-state index contributed by atoms with van der Waals surface area (Å²) in [5.41, 5.74) is 1.52. The maximum atomic E-state index is 15.4. The van der Waals surface area contributed by atoms with E-state index in [2.05, 4.69) is 10.00 Å². The fraction of sp³-hybridized carbons (Fsp3) is 0.447. The number of carbonyl (C=O) groups is 1. The average Bonchev–Trinajstić information content (AvgIpc) is 3.43. The fourth-order valence-electron chi connectivity index (χ4n) is 6.77. The van der Waals surface area contributed by atoms with Gasteiger partial charge in [0.1, 0.15) is 11.4 Å². The molecule has 1 amide bonds. The van der Waals surface area contributed by atoms with Crippen molar-refractivity contribution in [3.8, 4) is 0 Å². The lowest BCUT2D eigenvalue weighted by atomic mass is 9.88. The van der Waals surface area contributed by atoms with E-state index in [0.717, 1.165) is 25.7 Å². The number of halogens is 4. The number of rotatable bonds is 7. The van der Waals surface area contributed by atoms with Gasteiger partial charge in [0.15, 0.2) is 6.23 Å². The minimum atomic E-state index is -4.52. The lowest BCUT2D eigenvalue weighted by Crippen LogP contribution is -2.50. The zero-order chi connectivity index (χ0) is 35.6. The minimum absolute atomic E-state index is 0.0486. The summed E-state index contributed by atoms with van der Waals surface area (Å²) in [7, 11) is 1.73. The molecule has 0 spiro atoms. The highest BCUT2D eigenvalue weighted by atomic mass is 19.4. The van der Waals surface area contributed by atoms with E-state index in [1.54, 1.807) is 78.8 Å². The van der Waals surface area contributed by atoms with Crippen molar-refractivity contribution in [3.05, 3.63) is 89.5 Å². The molecule has 6 rings (SSSR count). The number of fused-ring (bicyclic) bond motifs is 1. The first kappa shape index (κ1) is 35.4. The normalized spacial score (nSPS) is 19.3. The summed E-state index contributed by atoms with van der Waals surface area (Å²) in [6.45, 7) is 7.27. The van der Waals surface area contributed by atoms with Crippen LogP contribution < -0.4 is 4.90 Å². The monoisotopic (exact) mass is 693 g/mol. The van der Waals surface area contributed by atoms with Crippen LogP contribution in [0.2, 0.25) is 0 Å². The van der Waals surface area contributed by atoms with Gasteiger partial charge in [-0.05, 0) is 99.4 Å². The zero-order valence-electron chi connectivity index (χ0n) is 28.8. The van der Waals surface area contributed by atoms with E-state index < -0.39 is 36.5 Å². The van der Waals surface area contributed by atoms with Crippen molar-refractivity contribution in [2.75, 3.05) is 31.6 Å². The molecule has 2 aromatic carbocycles. The molecule has 0 aliphatic carbocycles. The molecule has 0 N–H and O–H groups in total. The third-order valence-electron chi connectivity index (χ3n) is 9.17. The second-order valence-corrected chi connectivity index (χ2v) is 14.0. The van der Waals surface area contributed by atoms with Gasteiger partial charge in [-0.3, -0.25) is 0 Å². The Morgan fingerprint density at radius 2 is 1.74 bits per heavy atom. The standard InChI is InChI=1S/C38H43F4N5O3/c1-37(2,3)50-36(48)45(4)28-13-10-19-46(24-28)32-18-16-27(23-43-32)34(30(22-38(40,41)42)25-11-6-5-7-12-25)26-15-17-31-29(21-26)35(39)44-47(31)33-14-8-9-20-49-33/h5-7,11-12,15-18,21,23,28,33H,8-10,13-14,19-20,22,24H2,1-4H3/b34-30-/t28-,33?/m0/s1. The molecule has 2 aliphatic heterocycles. The smallest absolute Gasteiger partial charge is 0.410 e. The van der Waals surface area contributed by atoms with Crippen LogP contribution in [0.4, 0.5) is 28.2 Å². The van der Waals surface area contributed by atoms with Crippen molar-refractivity contribution in [3.63, 3.8) is 0 Å². The van der Waals surface area contributed by atoms with Gasteiger partial charge in [0.2, 0.25) is 5.95 Å². The number of nitrogens with zero attached hydrogens (tertiary/aromatic N) is 5. The Morgan fingerprint density at radius 1 is 0.980 bits per heavy atom. The Bertz CT molecular complexity index is 1830. The third-order valence-corrected chi connectivity index (χ3v) is 9.17. The predicted octanol–water partition coefficient (Wildman–Crippen LogP) is 9.02. The second kappa shape index (κ2) is 14.4. The van der Waals surface area contributed by atoms with Gasteiger partial charge in [0.25, 0.3) is 0 Å². The van der Waals surface area contributed by atoms with Crippen LogP contribution in [-0.4, -0.2) is 70.3 Å². The molecule has 0 bridgehead atoms. The first-order valence-corrected chi connectivity index (χ1v) is 17.1. The number of amides is 1. The van der Waals surface area contributed by atoms with Gasteiger partial charge in [-0.2, -0.15) is 17.6 Å². The highest BCUT2D eigenvalue weighted by Crippen LogP contribution is 2.41. The van der Waals surface area contributed by atoms with Gasteiger partial charge in [-0.25, -0.2) is 14.5 Å². The highest BCUT2D eigenvalue weighted by Gasteiger charge is 2.33. The number of anilines is 1. The van der Waals surface area contributed by atoms with E-state index in [1.807, 2.05) is 20.8 Å². The Kier molecular flexibility index (Phi) is 10.2. The summed E-state index contributed by atoms with van der Waals surface area (Å²) in [5, 5.41) is 4.34. The van der Waals surface area contributed by atoms with E-state index in [4.69, 9.17) is 14.5 Å². The Labute approximate surface area is 289 Å². The van der Waals surface area contributed by atoms with Crippen LogP contribution in [-0.2, 0) is 9.47 Å². The van der Waals surface area contributed by atoms with Gasteiger partial charge in [0.05, 0.1) is 23.4 Å². The van der Waals surface area contributed by atoms with Crippen LogP contribution in [0.3, 0.4) is 0 Å². The van der Waals surface area contributed by atoms with Crippen molar-refractivity contribution in [2.45, 2.75) is 83.3 Å². The maximum Gasteiger partial charge on any atom is 0.410 e. The Balaban J connectivity index is 1.39. The predicted molar refractivity (Wildman–Crippen MR) is 185 cm³/mol. The third kappa shape index (κ3) is 8.12. The van der Waals surface area contributed by atoms with Crippen molar-refractivity contribution in [1.82, 2.24) is 19.7 Å². The van der Waals surface area contributed by atoms with Crippen LogP contribution in [0.1, 0.15) is 82.2 Å². The van der Waals surface area contributed by atoms with Gasteiger partial charge in [0, 0.05) is 38.5 Å². The number of aromatic nitrogens is 3. The number of hydrogen-bond donors (Lipinski definition) is 0. The summed E-state index contributed by atoms with van der Waals surface area (Å²) in [6, 6.07) is 16.9. The molecule has 2 aliphatic rings. The van der Waals surface area contributed by atoms with Crippen LogP contribution in [0.15, 0.2) is 66.9 Å². The summed E-state index contributed by atoms with van der Waals surface area (Å²) >= 11 is 0. The molecule has 0 radical (unpaired) electrons. The first-order chi connectivity index (χ1) is 23.8. The average molecular weight is 694 g/mol. The lowest BCUT2D eigenvalue weighted by Gasteiger charge is -2.38.